The fraction of sp³-hybridized carbons (Fsp3) is 0.111. The summed E-state index contributed by atoms with van der Waals surface area (Å²) in [5, 5.41) is 4.47. The number of aromatic nitrogens is 2. The van der Waals surface area contributed by atoms with Gasteiger partial charge in [0.15, 0.2) is 0 Å². The summed E-state index contributed by atoms with van der Waals surface area (Å²) >= 11 is 3.40. The first-order chi connectivity index (χ1) is 11.2. The third-order valence-electron chi connectivity index (χ3n) is 3.50. The zero-order chi connectivity index (χ0) is 16.2. The number of halogens is 1. The Morgan fingerprint density at radius 2 is 1.70 bits per heavy atom. The predicted molar refractivity (Wildman–Crippen MR) is 93.7 cm³/mol. The highest BCUT2D eigenvalue weighted by Crippen LogP contribution is 2.19. The fourth-order valence-corrected chi connectivity index (χ4v) is 2.51. The molecule has 0 amide bonds. The van der Waals surface area contributed by atoms with Crippen LogP contribution in [0, 0.1) is 0 Å². The second-order valence-electron chi connectivity index (χ2n) is 5.07. The maximum Gasteiger partial charge on any atom is 0.267 e. The van der Waals surface area contributed by atoms with Crippen molar-refractivity contribution < 1.29 is 4.74 Å². The number of benzene rings is 2. The molecule has 0 N–H and O–H groups in total. The van der Waals surface area contributed by atoms with Crippen LogP contribution in [-0.4, -0.2) is 16.9 Å². The molecule has 4 nitrogen and oxygen atoms in total. The molecule has 0 radical (unpaired) electrons. The summed E-state index contributed by atoms with van der Waals surface area (Å²) < 4.78 is 7.64. The van der Waals surface area contributed by atoms with Gasteiger partial charge in [-0.1, -0.05) is 28.1 Å². The summed E-state index contributed by atoms with van der Waals surface area (Å²) in [7, 11) is 1.63. The molecule has 0 unspecified atom stereocenters. The van der Waals surface area contributed by atoms with Crippen LogP contribution in [0.1, 0.15) is 5.56 Å². The molecule has 0 saturated heterocycles. The van der Waals surface area contributed by atoms with Crippen LogP contribution in [0.4, 0.5) is 0 Å². The van der Waals surface area contributed by atoms with Crippen molar-refractivity contribution in [3.8, 4) is 17.0 Å². The normalized spacial score (nSPS) is 10.5. The lowest BCUT2D eigenvalue weighted by Crippen LogP contribution is -2.22. The van der Waals surface area contributed by atoms with Gasteiger partial charge < -0.3 is 4.74 Å². The van der Waals surface area contributed by atoms with Gasteiger partial charge in [-0.3, -0.25) is 4.79 Å². The van der Waals surface area contributed by atoms with Crippen LogP contribution >= 0.6 is 15.9 Å². The Morgan fingerprint density at radius 3 is 2.35 bits per heavy atom. The first kappa shape index (κ1) is 15.5. The Hall–Kier alpha value is -2.40. The molecule has 0 bridgehead atoms. The Balaban J connectivity index is 1.91. The molecule has 0 fully saturated rings. The molecule has 3 aromatic rings. The van der Waals surface area contributed by atoms with E-state index in [2.05, 4.69) is 21.0 Å². The van der Waals surface area contributed by atoms with E-state index in [1.54, 1.807) is 19.2 Å². The van der Waals surface area contributed by atoms with Gasteiger partial charge in [-0.2, -0.15) is 5.10 Å². The molecular formula is C18H15BrN2O2. The van der Waals surface area contributed by atoms with E-state index in [0.29, 0.717) is 6.54 Å². The first-order valence-electron chi connectivity index (χ1n) is 7.13. The number of rotatable bonds is 4. The smallest absolute Gasteiger partial charge is 0.267 e. The van der Waals surface area contributed by atoms with Gasteiger partial charge in [0, 0.05) is 16.1 Å². The predicted octanol–water partition coefficient (Wildman–Crippen LogP) is 3.73. The van der Waals surface area contributed by atoms with E-state index in [1.165, 1.54) is 4.68 Å². The van der Waals surface area contributed by atoms with Crippen molar-refractivity contribution in [2.24, 2.45) is 0 Å². The van der Waals surface area contributed by atoms with Crippen LogP contribution in [0.15, 0.2) is 69.9 Å². The van der Waals surface area contributed by atoms with Crippen molar-refractivity contribution in [1.29, 1.82) is 0 Å². The van der Waals surface area contributed by atoms with Crippen LogP contribution < -0.4 is 10.3 Å². The van der Waals surface area contributed by atoms with E-state index in [0.717, 1.165) is 27.0 Å². The molecule has 3 rings (SSSR count). The van der Waals surface area contributed by atoms with Gasteiger partial charge in [0.2, 0.25) is 0 Å². The first-order valence-corrected chi connectivity index (χ1v) is 7.92. The van der Waals surface area contributed by atoms with E-state index in [9.17, 15) is 4.79 Å². The van der Waals surface area contributed by atoms with Crippen molar-refractivity contribution in [3.63, 3.8) is 0 Å². The monoisotopic (exact) mass is 370 g/mol. The van der Waals surface area contributed by atoms with Gasteiger partial charge >= 0.3 is 0 Å². The number of hydrogen-bond acceptors (Lipinski definition) is 3. The summed E-state index contributed by atoms with van der Waals surface area (Å²) in [4.78, 5) is 12.0. The van der Waals surface area contributed by atoms with E-state index in [4.69, 9.17) is 4.74 Å². The molecule has 0 atom stereocenters. The highest BCUT2D eigenvalue weighted by atomic mass is 79.9. The van der Waals surface area contributed by atoms with Crippen LogP contribution in [0.2, 0.25) is 0 Å². The Morgan fingerprint density at radius 1 is 1.00 bits per heavy atom. The van der Waals surface area contributed by atoms with Crippen LogP contribution in [0.25, 0.3) is 11.3 Å². The topological polar surface area (TPSA) is 44.1 Å². The molecule has 0 saturated carbocycles. The lowest BCUT2D eigenvalue weighted by Gasteiger charge is -2.08. The van der Waals surface area contributed by atoms with Crippen molar-refractivity contribution in [1.82, 2.24) is 9.78 Å². The molecule has 0 aliphatic heterocycles. The van der Waals surface area contributed by atoms with Crippen LogP contribution in [0.5, 0.6) is 5.75 Å². The van der Waals surface area contributed by atoms with Crippen molar-refractivity contribution in [3.05, 3.63) is 81.1 Å². The molecule has 0 aliphatic rings. The number of ether oxygens (including phenoxy) is 1. The maximum absolute atomic E-state index is 12.0. The van der Waals surface area contributed by atoms with Gasteiger partial charge in [0.25, 0.3) is 5.56 Å². The van der Waals surface area contributed by atoms with E-state index in [1.807, 2.05) is 48.5 Å². The summed E-state index contributed by atoms with van der Waals surface area (Å²) in [6.07, 6.45) is 0. The Kier molecular flexibility index (Phi) is 4.57. The molecular weight excluding hydrogens is 356 g/mol. The number of methoxy groups -OCH3 is 1. The Labute approximate surface area is 142 Å². The SMILES string of the molecule is COc1ccc(-c2ccc(=O)n(Cc3ccc(Br)cc3)n2)cc1. The number of hydrogen-bond donors (Lipinski definition) is 0. The van der Waals surface area contributed by atoms with Gasteiger partial charge in [0.05, 0.1) is 19.3 Å². The molecule has 5 heteroatoms. The minimum atomic E-state index is -0.120. The average molecular weight is 371 g/mol. The van der Waals surface area contributed by atoms with Gasteiger partial charge in [0.1, 0.15) is 5.75 Å². The quantitative estimate of drug-likeness (QED) is 0.702. The third kappa shape index (κ3) is 3.68. The summed E-state index contributed by atoms with van der Waals surface area (Å²) in [5.74, 6) is 0.789. The van der Waals surface area contributed by atoms with Crippen molar-refractivity contribution >= 4 is 15.9 Å². The van der Waals surface area contributed by atoms with Crippen LogP contribution in [0.3, 0.4) is 0 Å². The van der Waals surface area contributed by atoms with Gasteiger partial charge in [-0.15, -0.1) is 0 Å². The number of nitrogens with zero attached hydrogens (tertiary/aromatic N) is 2. The second-order valence-corrected chi connectivity index (χ2v) is 5.99. The molecule has 0 aliphatic carbocycles. The van der Waals surface area contributed by atoms with E-state index < -0.39 is 0 Å². The molecule has 2 aromatic carbocycles. The second kappa shape index (κ2) is 6.79. The summed E-state index contributed by atoms with van der Waals surface area (Å²) in [5.41, 5.74) is 2.60. The largest absolute Gasteiger partial charge is 0.497 e. The molecule has 1 aromatic heterocycles. The molecule has 23 heavy (non-hydrogen) atoms. The van der Waals surface area contributed by atoms with Crippen LogP contribution in [-0.2, 0) is 6.54 Å². The van der Waals surface area contributed by atoms with Crippen molar-refractivity contribution in [2.45, 2.75) is 6.54 Å². The highest BCUT2D eigenvalue weighted by molar-refractivity contribution is 9.10. The van der Waals surface area contributed by atoms with Gasteiger partial charge in [-0.05, 0) is 48.0 Å². The minimum absolute atomic E-state index is 0.120. The summed E-state index contributed by atoms with van der Waals surface area (Å²) in [6.45, 7) is 0.441. The van der Waals surface area contributed by atoms with E-state index >= 15 is 0 Å². The van der Waals surface area contributed by atoms with Crippen molar-refractivity contribution in [2.75, 3.05) is 7.11 Å². The standard InChI is InChI=1S/C18H15BrN2O2/c1-23-16-8-4-14(5-9-16)17-10-11-18(22)21(20-17)12-13-2-6-15(19)7-3-13/h2-11H,12H2,1H3. The zero-order valence-electron chi connectivity index (χ0n) is 12.6. The minimum Gasteiger partial charge on any atom is -0.497 e. The lowest BCUT2D eigenvalue weighted by atomic mass is 10.1. The molecule has 1 heterocycles. The average Bonchev–Trinajstić information content (AvgIpc) is 2.59. The van der Waals surface area contributed by atoms with Gasteiger partial charge in [-0.25, -0.2) is 4.68 Å². The fourth-order valence-electron chi connectivity index (χ4n) is 2.24. The molecule has 116 valence electrons. The Bertz CT molecular complexity index is 855. The molecule has 0 spiro atoms. The summed E-state index contributed by atoms with van der Waals surface area (Å²) in [6, 6.07) is 18.7. The third-order valence-corrected chi connectivity index (χ3v) is 4.03. The lowest BCUT2D eigenvalue weighted by molar-refractivity contribution is 0.415. The zero-order valence-corrected chi connectivity index (χ0v) is 14.2. The highest BCUT2D eigenvalue weighted by Gasteiger charge is 2.05. The van der Waals surface area contributed by atoms with E-state index in [-0.39, 0.29) is 5.56 Å². The maximum atomic E-state index is 12.0.